The molecule has 0 spiro atoms. The highest BCUT2D eigenvalue weighted by Crippen LogP contribution is 2.26. The van der Waals surface area contributed by atoms with E-state index >= 15 is 0 Å². The topological polar surface area (TPSA) is 105 Å². The number of nitrogens with zero attached hydrogens (tertiary/aromatic N) is 3. The van der Waals surface area contributed by atoms with E-state index in [4.69, 9.17) is 10.2 Å². The highest BCUT2D eigenvalue weighted by molar-refractivity contribution is 6.08. The van der Waals surface area contributed by atoms with Crippen molar-refractivity contribution in [3.63, 3.8) is 0 Å². The van der Waals surface area contributed by atoms with Crippen LogP contribution in [0.1, 0.15) is 63.1 Å². The summed E-state index contributed by atoms with van der Waals surface area (Å²) in [7, 11) is 0. The predicted octanol–water partition coefficient (Wildman–Crippen LogP) is 5.98. The van der Waals surface area contributed by atoms with Crippen molar-refractivity contribution >= 4 is 22.6 Å². The van der Waals surface area contributed by atoms with E-state index in [0.29, 0.717) is 36.3 Å². The summed E-state index contributed by atoms with van der Waals surface area (Å²) in [4.78, 5) is 30.0. The Balaban J connectivity index is 1.22. The van der Waals surface area contributed by atoms with Crippen LogP contribution in [-0.4, -0.2) is 44.0 Å². The molecule has 1 amide bonds. The van der Waals surface area contributed by atoms with Gasteiger partial charge in [-0.15, -0.1) is 10.2 Å². The Kier molecular flexibility index (Phi) is 9.01. The van der Waals surface area contributed by atoms with E-state index in [1.165, 1.54) is 5.56 Å². The molecule has 3 heterocycles. The first-order valence-electron chi connectivity index (χ1n) is 16.4. The number of aromatic amines is 1. The van der Waals surface area contributed by atoms with Crippen molar-refractivity contribution in [1.82, 2.24) is 30.4 Å². The van der Waals surface area contributed by atoms with E-state index in [-0.39, 0.29) is 17.7 Å². The number of hydrogen-bond donors (Lipinski definition) is 3. The fourth-order valence-corrected chi connectivity index (χ4v) is 6.47. The lowest BCUT2D eigenvalue weighted by Crippen LogP contribution is -2.43. The number of amides is 1. The van der Waals surface area contributed by atoms with Crippen molar-refractivity contribution in [3.8, 4) is 0 Å². The van der Waals surface area contributed by atoms with Gasteiger partial charge in [0.2, 0.25) is 5.91 Å². The van der Waals surface area contributed by atoms with Crippen LogP contribution in [0.5, 0.6) is 0 Å². The molecule has 2 aromatic heterocycles. The van der Waals surface area contributed by atoms with E-state index in [2.05, 4.69) is 44.5 Å². The molecule has 8 nitrogen and oxygen atoms in total. The van der Waals surface area contributed by atoms with Crippen molar-refractivity contribution in [2.24, 2.45) is 0 Å². The third-order valence-electron chi connectivity index (χ3n) is 9.03. The van der Waals surface area contributed by atoms with Gasteiger partial charge < -0.3 is 20.2 Å². The standard InChI is InChI=1S/C39H38N6O2/c46-37(29-12-5-2-6-13-29)30-20-17-28(18-21-30)26-45-36(22-19-27-10-3-1-4-11-27)43-44-38(45)35(42-39(47)34-16-9-23-40-34)24-31-25-41-33-15-8-7-14-32(31)33/h1-8,10-15,17-18,20-21,25,34-35,40-41H,9,16,19,22-24,26H2,(H,42,47)/t34-,35+/m0/s1. The van der Waals surface area contributed by atoms with Gasteiger partial charge in [0.05, 0.1) is 18.6 Å². The summed E-state index contributed by atoms with van der Waals surface area (Å²) in [5, 5.41) is 17.3. The second kappa shape index (κ2) is 14.0. The van der Waals surface area contributed by atoms with Crippen LogP contribution in [0, 0.1) is 0 Å². The van der Waals surface area contributed by atoms with Gasteiger partial charge in [-0.1, -0.05) is 103 Å². The highest BCUT2D eigenvalue weighted by atomic mass is 16.2. The monoisotopic (exact) mass is 622 g/mol. The molecule has 0 bridgehead atoms. The lowest BCUT2D eigenvalue weighted by atomic mass is 10.0. The predicted molar refractivity (Wildman–Crippen MR) is 183 cm³/mol. The maximum Gasteiger partial charge on any atom is 0.237 e. The molecule has 1 saturated heterocycles. The zero-order valence-electron chi connectivity index (χ0n) is 26.2. The van der Waals surface area contributed by atoms with E-state index in [0.717, 1.165) is 53.7 Å². The minimum absolute atomic E-state index is 0.00675. The fourth-order valence-electron chi connectivity index (χ4n) is 6.47. The summed E-state index contributed by atoms with van der Waals surface area (Å²) in [6.45, 7) is 1.35. The Morgan fingerprint density at radius 1 is 0.809 bits per heavy atom. The Hall–Kier alpha value is -5.34. The largest absolute Gasteiger partial charge is 0.361 e. The maximum absolute atomic E-state index is 13.6. The molecule has 7 rings (SSSR count). The summed E-state index contributed by atoms with van der Waals surface area (Å²) in [6.07, 6.45) is 5.89. The highest BCUT2D eigenvalue weighted by Gasteiger charge is 2.29. The summed E-state index contributed by atoms with van der Waals surface area (Å²) in [5.41, 5.74) is 5.71. The average molecular weight is 623 g/mol. The molecule has 6 aromatic rings. The Bertz CT molecular complexity index is 1960. The van der Waals surface area contributed by atoms with E-state index < -0.39 is 6.04 Å². The average Bonchev–Trinajstić information content (AvgIpc) is 3.89. The van der Waals surface area contributed by atoms with Gasteiger partial charge in [-0.25, -0.2) is 0 Å². The van der Waals surface area contributed by atoms with E-state index in [1.807, 2.05) is 91.1 Å². The molecule has 3 N–H and O–H groups in total. The fraction of sp³-hybridized carbons (Fsp3) is 0.231. The van der Waals surface area contributed by atoms with Crippen LogP contribution in [0.3, 0.4) is 0 Å². The van der Waals surface area contributed by atoms with Crippen molar-refractivity contribution in [2.75, 3.05) is 6.54 Å². The minimum Gasteiger partial charge on any atom is -0.361 e. The molecule has 0 radical (unpaired) electrons. The molecule has 236 valence electrons. The maximum atomic E-state index is 13.6. The van der Waals surface area contributed by atoms with Crippen LogP contribution in [0.2, 0.25) is 0 Å². The zero-order chi connectivity index (χ0) is 32.0. The number of carbonyl (C=O) groups is 2. The Morgan fingerprint density at radius 2 is 1.53 bits per heavy atom. The molecule has 8 heteroatoms. The molecule has 1 aliphatic rings. The third-order valence-corrected chi connectivity index (χ3v) is 9.03. The van der Waals surface area contributed by atoms with Gasteiger partial charge in [-0.3, -0.25) is 9.59 Å². The smallest absolute Gasteiger partial charge is 0.237 e. The lowest BCUT2D eigenvalue weighted by Gasteiger charge is -2.22. The van der Waals surface area contributed by atoms with Crippen LogP contribution in [-0.2, 0) is 30.6 Å². The SMILES string of the molecule is O=C(c1ccccc1)c1ccc(Cn2c(CCc3ccccc3)nnc2[C@@H](Cc2c[nH]c3ccccc23)NC(=O)[C@@H]2CCCN2)cc1. The van der Waals surface area contributed by atoms with Crippen molar-refractivity contribution in [2.45, 2.75) is 50.7 Å². The number of aryl methyl sites for hydroxylation is 2. The number of ketones is 1. The number of nitrogens with one attached hydrogen (secondary N) is 3. The molecule has 47 heavy (non-hydrogen) atoms. The van der Waals surface area contributed by atoms with Crippen LogP contribution in [0.15, 0.2) is 115 Å². The number of H-pyrrole nitrogens is 1. The molecule has 4 aromatic carbocycles. The minimum atomic E-state index is -0.402. The van der Waals surface area contributed by atoms with E-state index in [1.54, 1.807) is 0 Å². The normalized spacial score (nSPS) is 15.1. The summed E-state index contributed by atoms with van der Waals surface area (Å²) in [6, 6.07) is 35.1. The van der Waals surface area contributed by atoms with Gasteiger partial charge in [0.15, 0.2) is 11.6 Å². The van der Waals surface area contributed by atoms with Crippen LogP contribution in [0.25, 0.3) is 10.9 Å². The number of para-hydroxylation sites is 1. The molecule has 1 aliphatic heterocycles. The number of benzene rings is 4. The Labute approximate surface area is 274 Å². The zero-order valence-corrected chi connectivity index (χ0v) is 26.2. The lowest BCUT2D eigenvalue weighted by molar-refractivity contribution is -0.123. The molecule has 1 fully saturated rings. The molecular weight excluding hydrogens is 584 g/mol. The van der Waals surface area contributed by atoms with E-state index in [9.17, 15) is 9.59 Å². The Morgan fingerprint density at radius 3 is 2.30 bits per heavy atom. The first kappa shape index (κ1) is 30.3. The number of aromatic nitrogens is 4. The van der Waals surface area contributed by atoms with Crippen molar-refractivity contribution < 1.29 is 9.59 Å². The number of carbonyl (C=O) groups excluding carboxylic acids is 2. The molecule has 0 unspecified atom stereocenters. The van der Waals surface area contributed by atoms with Crippen LogP contribution >= 0.6 is 0 Å². The third kappa shape index (κ3) is 6.93. The van der Waals surface area contributed by atoms with Gasteiger partial charge in [0.25, 0.3) is 0 Å². The van der Waals surface area contributed by atoms with Gasteiger partial charge in [-0.2, -0.15) is 0 Å². The van der Waals surface area contributed by atoms with Gasteiger partial charge in [-0.05, 0) is 48.6 Å². The second-order valence-corrected chi connectivity index (χ2v) is 12.2. The molecule has 0 aliphatic carbocycles. The second-order valence-electron chi connectivity index (χ2n) is 12.2. The summed E-state index contributed by atoms with van der Waals surface area (Å²) >= 11 is 0. The van der Waals surface area contributed by atoms with Crippen molar-refractivity contribution in [3.05, 3.63) is 155 Å². The van der Waals surface area contributed by atoms with Gasteiger partial charge >= 0.3 is 0 Å². The van der Waals surface area contributed by atoms with Crippen LogP contribution in [0.4, 0.5) is 0 Å². The first-order valence-corrected chi connectivity index (χ1v) is 16.4. The first-order chi connectivity index (χ1) is 23.1. The van der Waals surface area contributed by atoms with Gasteiger partial charge in [0, 0.05) is 41.1 Å². The number of hydrogen-bond acceptors (Lipinski definition) is 5. The van der Waals surface area contributed by atoms with Crippen LogP contribution < -0.4 is 10.6 Å². The van der Waals surface area contributed by atoms with Gasteiger partial charge in [0.1, 0.15) is 5.82 Å². The quantitative estimate of drug-likeness (QED) is 0.146. The molecular formula is C39H38N6O2. The van der Waals surface area contributed by atoms with Crippen molar-refractivity contribution in [1.29, 1.82) is 0 Å². The summed E-state index contributed by atoms with van der Waals surface area (Å²) in [5.74, 6) is 1.55. The molecule has 2 atom stereocenters. The number of rotatable bonds is 12. The number of fused-ring (bicyclic) bond motifs is 1. The summed E-state index contributed by atoms with van der Waals surface area (Å²) < 4.78 is 2.15. The molecule has 0 saturated carbocycles.